The van der Waals surface area contributed by atoms with Crippen molar-refractivity contribution in [1.82, 2.24) is 0 Å². The summed E-state index contributed by atoms with van der Waals surface area (Å²) in [6.45, 7) is 3.61. The minimum Gasteiger partial charge on any atom is -0.325 e. The van der Waals surface area contributed by atoms with Gasteiger partial charge in [0.05, 0.1) is 11.5 Å². The van der Waals surface area contributed by atoms with Gasteiger partial charge in [0.25, 0.3) is 0 Å². The summed E-state index contributed by atoms with van der Waals surface area (Å²) in [4.78, 5) is 0. The lowest BCUT2D eigenvalue weighted by Gasteiger charge is -2.32. The van der Waals surface area contributed by atoms with E-state index in [9.17, 15) is 8.42 Å². The highest BCUT2D eigenvalue weighted by atomic mass is 35.5. The Kier molecular flexibility index (Phi) is 4.42. The predicted molar refractivity (Wildman–Crippen MR) is 56.9 cm³/mol. The summed E-state index contributed by atoms with van der Waals surface area (Å²) in [6, 6.07) is 0. The second-order valence-electron chi connectivity index (χ2n) is 3.51. The van der Waals surface area contributed by atoms with Crippen molar-refractivity contribution in [1.29, 1.82) is 0 Å². The molecule has 1 saturated heterocycles. The van der Waals surface area contributed by atoms with Crippen molar-refractivity contribution >= 4 is 22.2 Å². The second kappa shape index (κ2) is 4.44. The molecule has 2 N–H and O–H groups in total. The van der Waals surface area contributed by atoms with Crippen molar-refractivity contribution in [2.75, 3.05) is 11.5 Å². The quantitative estimate of drug-likeness (QED) is 0.711. The number of hydrogen-bond acceptors (Lipinski definition) is 3. The van der Waals surface area contributed by atoms with Crippen LogP contribution in [0.25, 0.3) is 0 Å². The molecule has 78 valence electrons. The van der Waals surface area contributed by atoms with Gasteiger partial charge in [-0.05, 0) is 19.3 Å². The van der Waals surface area contributed by atoms with Crippen molar-refractivity contribution in [3.05, 3.63) is 12.7 Å². The highest BCUT2D eigenvalue weighted by Gasteiger charge is 2.32. The van der Waals surface area contributed by atoms with E-state index in [1.54, 1.807) is 6.08 Å². The van der Waals surface area contributed by atoms with Crippen molar-refractivity contribution in [3.8, 4) is 0 Å². The number of nitrogens with two attached hydrogens (primary N) is 1. The Morgan fingerprint density at radius 3 is 2.23 bits per heavy atom. The Hall–Kier alpha value is -0.0600. The van der Waals surface area contributed by atoms with Crippen molar-refractivity contribution in [3.63, 3.8) is 0 Å². The summed E-state index contributed by atoms with van der Waals surface area (Å²) >= 11 is 0. The van der Waals surface area contributed by atoms with Crippen LogP contribution >= 0.6 is 12.4 Å². The summed E-state index contributed by atoms with van der Waals surface area (Å²) in [5, 5.41) is 0. The van der Waals surface area contributed by atoms with Gasteiger partial charge >= 0.3 is 0 Å². The molecule has 13 heavy (non-hydrogen) atoms. The summed E-state index contributed by atoms with van der Waals surface area (Å²) < 4.78 is 22.1. The lowest BCUT2D eigenvalue weighted by atomic mass is 9.90. The highest BCUT2D eigenvalue weighted by molar-refractivity contribution is 7.91. The Morgan fingerprint density at radius 1 is 1.38 bits per heavy atom. The summed E-state index contributed by atoms with van der Waals surface area (Å²) in [6.07, 6.45) is 3.61. The van der Waals surface area contributed by atoms with E-state index in [-0.39, 0.29) is 29.5 Å². The van der Waals surface area contributed by atoms with Crippen LogP contribution in [0.2, 0.25) is 0 Å². The van der Waals surface area contributed by atoms with E-state index < -0.39 is 9.84 Å². The third kappa shape index (κ3) is 3.67. The van der Waals surface area contributed by atoms with Crippen LogP contribution in [0.15, 0.2) is 12.7 Å². The number of hydrogen-bond donors (Lipinski definition) is 1. The molecule has 5 heteroatoms. The minimum atomic E-state index is -2.79. The van der Waals surface area contributed by atoms with Gasteiger partial charge in [0, 0.05) is 5.54 Å². The Morgan fingerprint density at radius 2 is 1.85 bits per heavy atom. The zero-order valence-electron chi connectivity index (χ0n) is 7.53. The third-order valence-electron chi connectivity index (χ3n) is 2.37. The van der Waals surface area contributed by atoms with Gasteiger partial charge in [-0.25, -0.2) is 8.42 Å². The molecule has 3 nitrogen and oxygen atoms in total. The first-order valence-electron chi connectivity index (χ1n) is 4.08. The van der Waals surface area contributed by atoms with Crippen LogP contribution in [0.1, 0.15) is 19.3 Å². The van der Waals surface area contributed by atoms with E-state index in [4.69, 9.17) is 5.73 Å². The van der Waals surface area contributed by atoms with Crippen LogP contribution in [-0.4, -0.2) is 25.5 Å². The molecule has 1 aliphatic heterocycles. The summed E-state index contributed by atoms with van der Waals surface area (Å²) in [7, 11) is -2.79. The predicted octanol–water partition coefficient (Wildman–Crippen LogP) is 0.890. The molecule has 0 saturated carbocycles. The van der Waals surface area contributed by atoms with Gasteiger partial charge < -0.3 is 5.73 Å². The molecule has 1 aliphatic rings. The van der Waals surface area contributed by atoms with E-state index >= 15 is 0 Å². The third-order valence-corrected chi connectivity index (χ3v) is 4.03. The summed E-state index contributed by atoms with van der Waals surface area (Å²) in [5.41, 5.74) is 5.64. The molecule has 1 heterocycles. The number of halogens is 1. The fourth-order valence-electron chi connectivity index (χ4n) is 1.44. The fraction of sp³-hybridized carbons (Fsp3) is 0.750. The molecule has 0 radical (unpaired) electrons. The molecule has 0 aromatic rings. The standard InChI is InChI=1S/C8H15NO2S.ClH/c1-2-3-8(9)4-6-12(10,11)7-5-8;/h2H,1,3-7,9H2;1H. The number of sulfone groups is 1. The van der Waals surface area contributed by atoms with E-state index in [0.29, 0.717) is 19.3 Å². The molecule has 0 bridgehead atoms. The monoisotopic (exact) mass is 225 g/mol. The lowest BCUT2D eigenvalue weighted by molar-refractivity contribution is 0.386. The smallest absolute Gasteiger partial charge is 0.150 e. The van der Waals surface area contributed by atoms with Gasteiger partial charge in [-0.2, -0.15) is 0 Å². The van der Waals surface area contributed by atoms with Crippen molar-refractivity contribution < 1.29 is 8.42 Å². The average Bonchev–Trinajstić information content (AvgIpc) is 1.98. The van der Waals surface area contributed by atoms with Crippen molar-refractivity contribution in [2.45, 2.75) is 24.8 Å². The molecule has 0 aliphatic carbocycles. The molecule has 0 aromatic carbocycles. The topological polar surface area (TPSA) is 60.2 Å². The molecular formula is C8H16ClNO2S. The Bertz CT molecular complexity index is 260. The molecule has 0 atom stereocenters. The zero-order valence-corrected chi connectivity index (χ0v) is 9.16. The molecule has 1 rings (SSSR count). The van der Waals surface area contributed by atoms with Gasteiger partial charge in [-0.3, -0.25) is 0 Å². The SMILES string of the molecule is C=CCC1(N)CCS(=O)(=O)CC1.Cl. The average molecular weight is 226 g/mol. The molecule has 0 spiro atoms. The maximum atomic E-state index is 11.1. The van der Waals surface area contributed by atoms with E-state index in [1.807, 2.05) is 0 Å². The van der Waals surface area contributed by atoms with Crippen molar-refractivity contribution in [2.24, 2.45) is 5.73 Å². The first-order valence-corrected chi connectivity index (χ1v) is 5.90. The van der Waals surface area contributed by atoms with E-state index in [2.05, 4.69) is 6.58 Å². The maximum Gasteiger partial charge on any atom is 0.150 e. The van der Waals surface area contributed by atoms with Gasteiger partial charge in [0.15, 0.2) is 0 Å². The van der Waals surface area contributed by atoms with Crippen LogP contribution < -0.4 is 5.73 Å². The normalized spacial score (nSPS) is 24.4. The van der Waals surface area contributed by atoms with E-state index in [1.165, 1.54) is 0 Å². The molecular weight excluding hydrogens is 210 g/mol. The molecule has 1 fully saturated rings. The molecule has 0 aromatic heterocycles. The van der Waals surface area contributed by atoms with Crippen LogP contribution in [0.5, 0.6) is 0 Å². The Labute approximate surface area is 85.7 Å². The first kappa shape index (κ1) is 12.9. The van der Waals surface area contributed by atoms with Crippen LogP contribution in [0.4, 0.5) is 0 Å². The van der Waals surface area contributed by atoms with Gasteiger partial charge in [-0.1, -0.05) is 6.08 Å². The maximum absolute atomic E-state index is 11.1. The highest BCUT2D eigenvalue weighted by Crippen LogP contribution is 2.24. The molecule has 0 amide bonds. The van der Waals surface area contributed by atoms with Gasteiger partial charge in [0.2, 0.25) is 0 Å². The first-order chi connectivity index (χ1) is 5.47. The number of rotatable bonds is 2. The largest absolute Gasteiger partial charge is 0.325 e. The fourth-order valence-corrected chi connectivity index (χ4v) is 3.08. The second-order valence-corrected chi connectivity index (χ2v) is 5.81. The van der Waals surface area contributed by atoms with E-state index in [0.717, 1.165) is 0 Å². The van der Waals surface area contributed by atoms with Crippen LogP contribution in [0.3, 0.4) is 0 Å². The zero-order chi connectivity index (χ0) is 9.24. The molecule has 0 unspecified atom stereocenters. The minimum absolute atomic E-state index is 0. The Balaban J connectivity index is 0.00000144. The lowest BCUT2D eigenvalue weighted by Crippen LogP contribution is -2.46. The van der Waals surface area contributed by atoms with Gasteiger partial charge in [0.1, 0.15) is 9.84 Å². The van der Waals surface area contributed by atoms with Crippen LogP contribution in [0, 0.1) is 0 Å². The van der Waals surface area contributed by atoms with Gasteiger partial charge in [-0.15, -0.1) is 19.0 Å². The summed E-state index contributed by atoms with van der Waals surface area (Å²) in [5.74, 6) is 0.467. The van der Waals surface area contributed by atoms with Crippen LogP contribution in [-0.2, 0) is 9.84 Å².